The molecule has 2 heterocycles. The summed E-state index contributed by atoms with van der Waals surface area (Å²) in [5.41, 5.74) is 5.55. The van der Waals surface area contributed by atoms with Crippen molar-refractivity contribution in [3.05, 3.63) is 76.6 Å². The second kappa shape index (κ2) is 6.54. The van der Waals surface area contributed by atoms with Crippen molar-refractivity contribution in [3.8, 4) is 0 Å². The van der Waals surface area contributed by atoms with Gasteiger partial charge in [0.2, 0.25) is 0 Å². The molecule has 1 fully saturated rings. The topological polar surface area (TPSA) is 13.1 Å². The van der Waals surface area contributed by atoms with Gasteiger partial charge in [0.15, 0.2) is 4.77 Å². The maximum atomic E-state index is 5.81. The molecular weight excluding hydrogens is 374 g/mol. The van der Waals surface area contributed by atoms with Gasteiger partial charge < -0.3 is 9.13 Å². The molecule has 3 nitrogen and oxygen atoms in total. The minimum Gasteiger partial charge on any atom is -0.320 e. The zero-order chi connectivity index (χ0) is 19.5. The molecule has 1 atom stereocenters. The van der Waals surface area contributed by atoms with Crippen LogP contribution in [0, 0.1) is 4.77 Å². The quantitative estimate of drug-likeness (QED) is 0.395. The van der Waals surface area contributed by atoms with Crippen molar-refractivity contribution in [1.82, 2.24) is 14.0 Å². The minimum absolute atomic E-state index is 0.490. The van der Waals surface area contributed by atoms with Gasteiger partial charge in [-0.05, 0) is 65.5 Å². The van der Waals surface area contributed by atoms with Crippen LogP contribution < -0.4 is 0 Å². The van der Waals surface area contributed by atoms with E-state index < -0.39 is 0 Å². The molecule has 0 amide bonds. The summed E-state index contributed by atoms with van der Waals surface area (Å²) >= 11 is 5.81. The number of hydrogen-bond acceptors (Lipinski definition) is 2. The molecular formula is C25H25N3S. The highest BCUT2D eigenvalue weighted by molar-refractivity contribution is 7.71. The molecule has 3 aromatic carbocycles. The molecule has 0 radical (unpaired) electrons. The molecule has 0 N–H and O–H groups in total. The molecule has 1 unspecified atom stereocenters. The number of piperidine rings is 1. The highest BCUT2D eigenvalue weighted by atomic mass is 32.1. The molecule has 146 valence electrons. The van der Waals surface area contributed by atoms with Crippen LogP contribution in [0.25, 0.3) is 21.8 Å². The molecule has 1 aliphatic heterocycles. The first kappa shape index (κ1) is 17.4. The summed E-state index contributed by atoms with van der Waals surface area (Å²) in [6, 6.07) is 23.2. The standard InChI is InChI=1S/C25H25N3S/c1-26-21-10-2-3-11-22(21)28(25(26)29)19-12-14-27(15-13-19)23-16-18-8-4-6-17-7-5-9-20(23)24(17)18/h2-11,19,23H,12-16H2,1H3. The molecule has 0 spiro atoms. The third-order valence-corrected chi connectivity index (χ3v) is 7.57. The average molecular weight is 400 g/mol. The lowest BCUT2D eigenvalue weighted by Crippen LogP contribution is -2.37. The smallest absolute Gasteiger partial charge is 0.180 e. The normalized spacial score (nSPS) is 20.1. The summed E-state index contributed by atoms with van der Waals surface area (Å²) in [4.78, 5) is 2.71. The van der Waals surface area contributed by atoms with Gasteiger partial charge in [-0.25, -0.2) is 0 Å². The first-order valence-corrected chi connectivity index (χ1v) is 11.0. The number of imidazole rings is 1. The predicted octanol–water partition coefficient (Wildman–Crippen LogP) is 5.80. The molecule has 4 aromatic rings. The Hall–Kier alpha value is -2.43. The van der Waals surface area contributed by atoms with Crippen LogP contribution in [0.4, 0.5) is 0 Å². The third kappa shape index (κ3) is 2.55. The van der Waals surface area contributed by atoms with Gasteiger partial charge in [0.05, 0.1) is 11.0 Å². The summed E-state index contributed by atoms with van der Waals surface area (Å²) < 4.78 is 5.51. The van der Waals surface area contributed by atoms with E-state index in [1.165, 1.54) is 32.9 Å². The van der Waals surface area contributed by atoms with E-state index in [0.717, 1.165) is 37.1 Å². The van der Waals surface area contributed by atoms with Crippen molar-refractivity contribution < 1.29 is 0 Å². The largest absolute Gasteiger partial charge is 0.320 e. The van der Waals surface area contributed by atoms with E-state index in [4.69, 9.17) is 12.2 Å². The van der Waals surface area contributed by atoms with E-state index in [-0.39, 0.29) is 0 Å². The molecule has 4 heteroatoms. The van der Waals surface area contributed by atoms with Gasteiger partial charge in [0, 0.05) is 32.2 Å². The van der Waals surface area contributed by atoms with Gasteiger partial charge in [0.25, 0.3) is 0 Å². The highest BCUT2D eigenvalue weighted by Gasteiger charge is 2.32. The van der Waals surface area contributed by atoms with Gasteiger partial charge in [-0.1, -0.05) is 48.5 Å². The van der Waals surface area contributed by atoms with Crippen LogP contribution in [0.15, 0.2) is 60.7 Å². The Kier molecular flexibility index (Phi) is 3.93. The van der Waals surface area contributed by atoms with Crippen LogP contribution in [0.5, 0.6) is 0 Å². The summed E-state index contributed by atoms with van der Waals surface area (Å²) in [6.07, 6.45) is 3.46. The van der Waals surface area contributed by atoms with Gasteiger partial charge in [-0.2, -0.15) is 0 Å². The summed E-state index contributed by atoms with van der Waals surface area (Å²) in [6.45, 7) is 2.26. The highest BCUT2D eigenvalue weighted by Crippen LogP contribution is 2.42. The number of fused-ring (bicyclic) bond motifs is 1. The van der Waals surface area contributed by atoms with E-state index >= 15 is 0 Å². The average Bonchev–Trinajstić information content (AvgIpc) is 3.26. The fourth-order valence-corrected chi connectivity index (χ4v) is 6.02. The lowest BCUT2D eigenvalue weighted by atomic mass is 9.99. The Morgan fingerprint density at radius 2 is 1.59 bits per heavy atom. The number of aryl methyl sites for hydroxylation is 1. The second-order valence-corrected chi connectivity index (χ2v) is 8.92. The molecule has 1 saturated heterocycles. The number of benzene rings is 3. The molecule has 2 aliphatic rings. The van der Waals surface area contributed by atoms with Gasteiger partial charge >= 0.3 is 0 Å². The van der Waals surface area contributed by atoms with Crippen LogP contribution in [-0.4, -0.2) is 27.1 Å². The van der Waals surface area contributed by atoms with Crippen molar-refractivity contribution in [2.45, 2.75) is 31.3 Å². The Labute approximate surface area is 176 Å². The summed E-state index contributed by atoms with van der Waals surface area (Å²) in [7, 11) is 2.09. The molecule has 1 aliphatic carbocycles. The number of hydrogen-bond donors (Lipinski definition) is 0. The van der Waals surface area contributed by atoms with Crippen LogP contribution in [0.2, 0.25) is 0 Å². The molecule has 0 bridgehead atoms. The Morgan fingerprint density at radius 3 is 2.38 bits per heavy atom. The van der Waals surface area contributed by atoms with Gasteiger partial charge in [-0.3, -0.25) is 4.90 Å². The van der Waals surface area contributed by atoms with E-state index in [1.807, 2.05) is 0 Å². The van der Waals surface area contributed by atoms with Crippen molar-refractivity contribution >= 4 is 34.0 Å². The minimum atomic E-state index is 0.490. The van der Waals surface area contributed by atoms with Crippen molar-refractivity contribution in [1.29, 1.82) is 0 Å². The van der Waals surface area contributed by atoms with Crippen LogP contribution in [0.1, 0.15) is 36.1 Å². The van der Waals surface area contributed by atoms with Crippen molar-refractivity contribution in [3.63, 3.8) is 0 Å². The first-order chi connectivity index (χ1) is 14.2. The number of nitrogens with zero attached hydrogens (tertiary/aromatic N) is 3. The predicted molar refractivity (Wildman–Crippen MR) is 122 cm³/mol. The van der Waals surface area contributed by atoms with Gasteiger partial charge in [0.1, 0.15) is 0 Å². The fourth-order valence-electron chi connectivity index (χ4n) is 5.67. The maximum Gasteiger partial charge on any atom is 0.180 e. The number of rotatable bonds is 2. The van der Waals surface area contributed by atoms with E-state index in [0.29, 0.717) is 12.1 Å². The number of aromatic nitrogens is 2. The fraction of sp³-hybridized carbons (Fsp3) is 0.320. The van der Waals surface area contributed by atoms with E-state index in [9.17, 15) is 0 Å². The number of likely N-dealkylation sites (tertiary alicyclic amines) is 1. The summed E-state index contributed by atoms with van der Waals surface area (Å²) in [5, 5.41) is 2.89. The van der Waals surface area contributed by atoms with E-state index in [1.54, 1.807) is 0 Å². The monoisotopic (exact) mass is 399 g/mol. The lowest BCUT2D eigenvalue weighted by molar-refractivity contribution is 0.137. The maximum absolute atomic E-state index is 5.81. The Bertz CT molecular complexity index is 1290. The molecule has 1 aromatic heterocycles. The van der Waals surface area contributed by atoms with Crippen LogP contribution >= 0.6 is 12.2 Å². The zero-order valence-electron chi connectivity index (χ0n) is 16.7. The zero-order valence-corrected chi connectivity index (χ0v) is 17.5. The van der Waals surface area contributed by atoms with Gasteiger partial charge in [-0.15, -0.1) is 0 Å². The van der Waals surface area contributed by atoms with Crippen LogP contribution in [0.3, 0.4) is 0 Å². The number of para-hydroxylation sites is 2. The van der Waals surface area contributed by atoms with Crippen molar-refractivity contribution in [2.75, 3.05) is 13.1 Å². The molecule has 29 heavy (non-hydrogen) atoms. The lowest BCUT2D eigenvalue weighted by Gasteiger charge is -2.37. The third-order valence-electron chi connectivity index (χ3n) is 7.10. The molecule has 0 saturated carbocycles. The first-order valence-electron chi connectivity index (χ1n) is 10.6. The Balaban J connectivity index is 1.29. The summed E-state index contributed by atoms with van der Waals surface area (Å²) in [5.74, 6) is 0. The second-order valence-electron chi connectivity index (χ2n) is 8.55. The SMILES string of the molecule is Cn1c(=S)n(C2CCN(C3Cc4cccc5cccc3c45)CC2)c2ccccc21. The molecule has 6 rings (SSSR count). The van der Waals surface area contributed by atoms with E-state index in [2.05, 4.69) is 81.7 Å². The van der Waals surface area contributed by atoms with Crippen LogP contribution in [-0.2, 0) is 13.5 Å². The van der Waals surface area contributed by atoms with Crippen molar-refractivity contribution in [2.24, 2.45) is 7.05 Å². The Morgan fingerprint density at radius 1 is 0.862 bits per heavy atom.